The Morgan fingerprint density at radius 1 is 0.731 bits per heavy atom. The maximum Gasteiger partial charge on any atom is 0.306 e. The van der Waals surface area contributed by atoms with E-state index in [1.54, 1.807) is 0 Å². The van der Waals surface area contributed by atoms with Crippen molar-refractivity contribution in [3.05, 3.63) is 0 Å². The molecule has 26 heavy (non-hydrogen) atoms. The van der Waals surface area contributed by atoms with E-state index >= 15 is 0 Å². The molecule has 2 saturated carbocycles. The summed E-state index contributed by atoms with van der Waals surface area (Å²) in [5.41, 5.74) is -0.791. The minimum atomic E-state index is -0.351. The third-order valence-electron chi connectivity index (χ3n) is 8.48. The zero-order valence-electron chi connectivity index (χ0n) is 16.7. The maximum atomic E-state index is 11.2. The summed E-state index contributed by atoms with van der Waals surface area (Å²) in [6.07, 6.45) is 1.22. The highest BCUT2D eigenvalue weighted by molar-refractivity contribution is 5.74. The predicted octanol–water partition coefficient (Wildman–Crippen LogP) is 2.20. The number of aliphatic hydroxyl groups is 2. The summed E-state index contributed by atoms with van der Waals surface area (Å²) < 4.78 is 10.4. The summed E-state index contributed by atoms with van der Waals surface area (Å²) in [5.74, 6) is -0.236. The van der Waals surface area contributed by atoms with E-state index < -0.39 is 0 Å². The zero-order chi connectivity index (χ0) is 19.7. The number of fused-ring (bicyclic) bond motifs is 2. The summed E-state index contributed by atoms with van der Waals surface area (Å²) in [7, 11) is 0. The fraction of sp³-hybridized carbons (Fsp3) is 0.900. The lowest BCUT2D eigenvalue weighted by Gasteiger charge is -2.37. The van der Waals surface area contributed by atoms with Crippen LogP contribution < -0.4 is 0 Å². The molecule has 2 aliphatic carbocycles. The Morgan fingerprint density at radius 2 is 1.04 bits per heavy atom. The fourth-order valence-corrected chi connectivity index (χ4v) is 5.15. The molecule has 0 aromatic rings. The second-order valence-corrected chi connectivity index (χ2v) is 10.1. The van der Waals surface area contributed by atoms with Gasteiger partial charge in [0.1, 0.15) is 12.2 Å². The number of carbonyl (C=O) groups is 2. The fourth-order valence-electron chi connectivity index (χ4n) is 5.15. The molecule has 4 rings (SSSR count). The molecule has 0 aromatic heterocycles. The van der Waals surface area contributed by atoms with Crippen LogP contribution in [-0.2, 0) is 19.1 Å². The Morgan fingerprint density at radius 3 is 1.31 bits per heavy atom. The molecule has 6 atom stereocenters. The van der Waals surface area contributed by atoms with Crippen LogP contribution in [0.15, 0.2) is 0 Å². The van der Waals surface area contributed by atoms with Gasteiger partial charge in [0.25, 0.3) is 0 Å². The summed E-state index contributed by atoms with van der Waals surface area (Å²) in [6, 6.07) is 0. The molecule has 2 saturated heterocycles. The molecular weight excluding hydrogens is 336 g/mol. The van der Waals surface area contributed by atoms with Crippen molar-refractivity contribution < 1.29 is 29.3 Å². The van der Waals surface area contributed by atoms with Crippen molar-refractivity contribution in [3.8, 4) is 0 Å². The zero-order valence-corrected chi connectivity index (χ0v) is 16.7. The van der Waals surface area contributed by atoms with Crippen LogP contribution >= 0.6 is 0 Å². The molecule has 0 bridgehead atoms. The number of aliphatic hydroxyl groups excluding tert-OH is 2. The number of esters is 2. The van der Waals surface area contributed by atoms with Crippen molar-refractivity contribution >= 4 is 11.9 Å². The van der Waals surface area contributed by atoms with E-state index in [2.05, 4.69) is 0 Å². The van der Waals surface area contributed by atoms with Crippen LogP contribution in [0.2, 0.25) is 0 Å². The highest BCUT2D eigenvalue weighted by Crippen LogP contribution is 2.59. The highest BCUT2D eigenvalue weighted by Gasteiger charge is 2.63. The summed E-state index contributed by atoms with van der Waals surface area (Å²) >= 11 is 0. The van der Waals surface area contributed by atoms with Crippen molar-refractivity contribution in [3.63, 3.8) is 0 Å². The molecule has 0 aromatic carbocycles. The lowest BCUT2D eigenvalue weighted by Crippen LogP contribution is -2.38. The van der Waals surface area contributed by atoms with Gasteiger partial charge in [0.05, 0.1) is 25.0 Å². The Hall–Kier alpha value is -1.14. The summed E-state index contributed by atoms with van der Waals surface area (Å²) in [4.78, 5) is 22.3. The van der Waals surface area contributed by atoms with E-state index in [0.717, 1.165) is 0 Å². The predicted molar refractivity (Wildman–Crippen MR) is 94.0 cm³/mol. The van der Waals surface area contributed by atoms with Crippen LogP contribution in [-0.4, -0.2) is 46.6 Å². The highest BCUT2D eigenvalue weighted by atomic mass is 16.6. The van der Waals surface area contributed by atoms with E-state index in [1.807, 2.05) is 41.5 Å². The van der Waals surface area contributed by atoms with Gasteiger partial charge in [0.2, 0.25) is 0 Å². The molecule has 0 unspecified atom stereocenters. The molecule has 0 spiro atoms. The average molecular weight is 368 g/mol. The van der Waals surface area contributed by atoms with Gasteiger partial charge in [-0.05, 0) is 0 Å². The Balaban J connectivity index is 0.000000151. The molecule has 0 radical (unpaired) electrons. The van der Waals surface area contributed by atoms with Crippen molar-refractivity contribution in [2.45, 2.75) is 91.6 Å². The summed E-state index contributed by atoms with van der Waals surface area (Å²) in [6.45, 7) is 12.1. The second kappa shape index (κ2) is 5.68. The van der Waals surface area contributed by atoms with E-state index in [4.69, 9.17) is 9.47 Å². The molecule has 4 aliphatic rings. The van der Waals surface area contributed by atoms with E-state index in [9.17, 15) is 19.8 Å². The third-order valence-corrected chi connectivity index (χ3v) is 8.48. The molecule has 2 heterocycles. The van der Waals surface area contributed by atoms with Crippen LogP contribution in [0.3, 0.4) is 0 Å². The largest absolute Gasteiger partial charge is 0.462 e. The minimum Gasteiger partial charge on any atom is -0.462 e. The average Bonchev–Trinajstić information content (AvgIpc) is 3.06. The number of ether oxygens (including phenoxy) is 2. The van der Waals surface area contributed by atoms with Crippen LogP contribution in [0.25, 0.3) is 0 Å². The Kier molecular flexibility index (Phi) is 4.28. The normalized spacial score (nSPS) is 47.5. The molecule has 148 valence electrons. The molecule has 6 heteroatoms. The first-order chi connectivity index (χ1) is 11.8. The smallest absolute Gasteiger partial charge is 0.306 e. The molecule has 2 N–H and O–H groups in total. The van der Waals surface area contributed by atoms with Crippen molar-refractivity contribution in [1.82, 2.24) is 0 Å². The van der Waals surface area contributed by atoms with Crippen molar-refractivity contribution in [1.29, 1.82) is 0 Å². The lowest BCUT2D eigenvalue weighted by molar-refractivity contribution is -0.143. The van der Waals surface area contributed by atoms with Crippen LogP contribution in [0.5, 0.6) is 0 Å². The van der Waals surface area contributed by atoms with Gasteiger partial charge in [0, 0.05) is 34.5 Å². The van der Waals surface area contributed by atoms with Crippen LogP contribution in [0.1, 0.15) is 67.2 Å². The molecular formula is C20H32O6. The first-order valence-electron chi connectivity index (χ1n) is 9.51. The Labute approximate surface area is 155 Å². The number of hydrogen-bond acceptors (Lipinski definition) is 6. The lowest BCUT2D eigenvalue weighted by atomic mass is 9.67. The van der Waals surface area contributed by atoms with E-state index in [-0.39, 0.29) is 58.0 Å². The maximum absolute atomic E-state index is 11.2. The third kappa shape index (κ3) is 2.44. The molecule has 6 nitrogen and oxygen atoms in total. The van der Waals surface area contributed by atoms with Gasteiger partial charge in [0.15, 0.2) is 0 Å². The van der Waals surface area contributed by atoms with Crippen LogP contribution in [0.4, 0.5) is 0 Å². The minimum absolute atomic E-state index is 0.0787. The van der Waals surface area contributed by atoms with Crippen molar-refractivity contribution in [2.75, 3.05) is 0 Å². The van der Waals surface area contributed by atoms with E-state index in [1.165, 1.54) is 0 Å². The topological polar surface area (TPSA) is 93.1 Å². The van der Waals surface area contributed by atoms with Gasteiger partial charge in [-0.2, -0.15) is 0 Å². The molecule has 0 amide bonds. The van der Waals surface area contributed by atoms with Gasteiger partial charge in [-0.3, -0.25) is 9.59 Å². The monoisotopic (exact) mass is 368 g/mol. The number of rotatable bonds is 0. The quantitative estimate of drug-likeness (QED) is 0.637. The van der Waals surface area contributed by atoms with Gasteiger partial charge in [-0.1, -0.05) is 41.5 Å². The standard InChI is InChI=1S/2C10H16O3/c2*1-9(2)6(11)4-7-10(9,3)5-8(12)13-7/h2*6-7,11H,4-5H2,1-3H3/t2*6-,7+,10+/m10/s1. The van der Waals surface area contributed by atoms with Gasteiger partial charge < -0.3 is 19.7 Å². The number of hydrogen-bond donors (Lipinski definition) is 2. The van der Waals surface area contributed by atoms with E-state index in [0.29, 0.717) is 25.7 Å². The van der Waals surface area contributed by atoms with Gasteiger partial charge in [-0.15, -0.1) is 0 Å². The first-order valence-corrected chi connectivity index (χ1v) is 9.51. The molecule has 4 fully saturated rings. The summed E-state index contributed by atoms with van der Waals surface area (Å²) in [5, 5.41) is 19.6. The Bertz CT molecular complexity index is 572. The SMILES string of the molecule is CC1(C)[C@@H](O)C[C@H]2OC(=O)C[C@]21C.CC1(C)[C@H](O)C[C@@H]2OC(=O)C[C@@]21C. The van der Waals surface area contributed by atoms with Crippen LogP contribution in [0, 0.1) is 21.7 Å². The second-order valence-electron chi connectivity index (χ2n) is 10.1. The van der Waals surface area contributed by atoms with Gasteiger partial charge >= 0.3 is 11.9 Å². The first kappa shape index (κ1) is 19.6. The van der Waals surface area contributed by atoms with Gasteiger partial charge in [-0.25, -0.2) is 0 Å². The van der Waals surface area contributed by atoms with Crippen molar-refractivity contribution in [2.24, 2.45) is 21.7 Å². The number of carbonyl (C=O) groups excluding carboxylic acids is 2. The molecule has 2 aliphatic heterocycles.